The molecule has 7 heteroatoms. The number of aryl methyl sites for hydroxylation is 1. The van der Waals surface area contributed by atoms with Crippen LogP contribution in [0.3, 0.4) is 0 Å². The SMILES string of the molecule is CCCn1cc(S(=O)(=O)N(C)CCOC)cc1CNCC. The van der Waals surface area contributed by atoms with Crippen LogP contribution >= 0.6 is 0 Å². The standard InChI is InChI=1S/C14H27N3O3S/c1-5-7-17-12-14(10-13(17)11-15-6-2)21(18,19)16(3)8-9-20-4/h10,12,15H,5-9,11H2,1-4H3. The molecule has 0 unspecified atom stereocenters. The normalized spacial score (nSPS) is 12.2. The Kier molecular flexibility index (Phi) is 7.37. The number of methoxy groups -OCH3 is 1. The molecule has 0 amide bonds. The van der Waals surface area contributed by atoms with Gasteiger partial charge in [-0.3, -0.25) is 0 Å². The minimum Gasteiger partial charge on any atom is -0.383 e. The Balaban J connectivity index is 3.00. The van der Waals surface area contributed by atoms with Crippen molar-refractivity contribution in [2.45, 2.75) is 38.3 Å². The van der Waals surface area contributed by atoms with Gasteiger partial charge >= 0.3 is 0 Å². The lowest BCUT2D eigenvalue weighted by Gasteiger charge is -2.15. The van der Waals surface area contributed by atoms with Crippen LogP contribution in [0, 0.1) is 0 Å². The maximum atomic E-state index is 12.5. The van der Waals surface area contributed by atoms with E-state index in [2.05, 4.69) is 12.2 Å². The van der Waals surface area contributed by atoms with Crippen molar-refractivity contribution in [2.75, 3.05) is 33.9 Å². The fourth-order valence-electron chi connectivity index (χ4n) is 2.04. The third-order valence-corrected chi connectivity index (χ3v) is 5.12. The van der Waals surface area contributed by atoms with Gasteiger partial charge in [0.1, 0.15) is 4.90 Å². The molecule has 0 bridgehead atoms. The summed E-state index contributed by atoms with van der Waals surface area (Å²) in [5, 5.41) is 3.24. The Morgan fingerprint density at radius 1 is 1.38 bits per heavy atom. The van der Waals surface area contributed by atoms with Gasteiger partial charge in [-0.2, -0.15) is 4.31 Å². The molecule has 0 saturated heterocycles. The first-order chi connectivity index (χ1) is 9.97. The predicted octanol–water partition coefficient (Wildman–Crippen LogP) is 1.27. The minimum absolute atomic E-state index is 0.348. The summed E-state index contributed by atoms with van der Waals surface area (Å²) in [6, 6.07) is 1.76. The molecule has 1 N–H and O–H groups in total. The average molecular weight is 317 g/mol. The molecule has 0 radical (unpaired) electrons. The molecule has 1 aromatic rings. The summed E-state index contributed by atoms with van der Waals surface area (Å²) in [7, 11) is -0.310. The first-order valence-corrected chi connectivity index (χ1v) is 8.76. The van der Waals surface area contributed by atoms with E-state index in [0.717, 1.165) is 25.2 Å². The van der Waals surface area contributed by atoms with E-state index in [1.165, 1.54) is 4.31 Å². The number of nitrogens with zero attached hydrogens (tertiary/aromatic N) is 2. The van der Waals surface area contributed by atoms with E-state index >= 15 is 0 Å². The van der Waals surface area contributed by atoms with Crippen molar-refractivity contribution in [1.82, 2.24) is 14.2 Å². The summed E-state index contributed by atoms with van der Waals surface area (Å²) in [6.07, 6.45) is 2.70. The number of sulfonamides is 1. The van der Waals surface area contributed by atoms with Crippen molar-refractivity contribution in [2.24, 2.45) is 0 Å². The molecular weight excluding hydrogens is 290 g/mol. The molecule has 0 fully saturated rings. The van der Waals surface area contributed by atoms with Gasteiger partial charge in [0, 0.05) is 45.7 Å². The number of rotatable bonds is 10. The van der Waals surface area contributed by atoms with Crippen LogP contribution < -0.4 is 5.32 Å². The fourth-order valence-corrected chi connectivity index (χ4v) is 3.26. The average Bonchev–Trinajstić information content (AvgIpc) is 2.86. The van der Waals surface area contributed by atoms with E-state index in [0.29, 0.717) is 24.6 Å². The van der Waals surface area contributed by atoms with E-state index < -0.39 is 10.0 Å². The molecule has 1 rings (SSSR count). The van der Waals surface area contributed by atoms with Crippen LogP contribution in [-0.2, 0) is 27.8 Å². The van der Waals surface area contributed by atoms with Crippen LogP contribution in [0.5, 0.6) is 0 Å². The summed E-state index contributed by atoms with van der Waals surface area (Å²) < 4.78 is 33.3. The van der Waals surface area contributed by atoms with Crippen molar-refractivity contribution in [1.29, 1.82) is 0 Å². The van der Waals surface area contributed by atoms with Gasteiger partial charge in [-0.1, -0.05) is 13.8 Å². The molecule has 122 valence electrons. The van der Waals surface area contributed by atoms with Crippen LogP contribution in [0.25, 0.3) is 0 Å². The summed E-state index contributed by atoms with van der Waals surface area (Å²) >= 11 is 0. The van der Waals surface area contributed by atoms with Crippen molar-refractivity contribution >= 4 is 10.0 Å². The lowest BCUT2D eigenvalue weighted by Crippen LogP contribution is -2.29. The van der Waals surface area contributed by atoms with Gasteiger partial charge in [-0.25, -0.2) is 8.42 Å². The number of aromatic nitrogens is 1. The van der Waals surface area contributed by atoms with Gasteiger partial charge in [0.2, 0.25) is 10.0 Å². The molecule has 6 nitrogen and oxygen atoms in total. The predicted molar refractivity (Wildman–Crippen MR) is 83.8 cm³/mol. The molecule has 0 spiro atoms. The van der Waals surface area contributed by atoms with Gasteiger partial charge in [0.25, 0.3) is 0 Å². The Morgan fingerprint density at radius 2 is 2.10 bits per heavy atom. The Hall–Kier alpha value is -0.890. The van der Waals surface area contributed by atoms with E-state index in [4.69, 9.17) is 4.74 Å². The smallest absolute Gasteiger partial charge is 0.244 e. The van der Waals surface area contributed by atoms with Gasteiger partial charge in [0.15, 0.2) is 0 Å². The monoisotopic (exact) mass is 317 g/mol. The Labute approximate surface area is 128 Å². The van der Waals surface area contributed by atoms with Gasteiger partial charge in [0.05, 0.1) is 6.61 Å². The third-order valence-electron chi connectivity index (χ3n) is 3.30. The lowest BCUT2D eigenvalue weighted by atomic mass is 10.4. The number of hydrogen-bond donors (Lipinski definition) is 1. The first kappa shape index (κ1) is 18.2. The van der Waals surface area contributed by atoms with Crippen molar-refractivity contribution < 1.29 is 13.2 Å². The Bertz CT molecular complexity index is 526. The van der Waals surface area contributed by atoms with Crippen LogP contribution in [-0.4, -0.2) is 51.1 Å². The fraction of sp³-hybridized carbons (Fsp3) is 0.714. The number of ether oxygens (including phenoxy) is 1. The topological polar surface area (TPSA) is 63.6 Å². The van der Waals surface area contributed by atoms with Crippen molar-refractivity contribution in [3.63, 3.8) is 0 Å². The van der Waals surface area contributed by atoms with E-state index in [-0.39, 0.29) is 0 Å². The van der Waals surface area contributed by atoms with Crippen LogP contribution in [0.1, 0.15) is 26.0 Å². The Morgan fingerprint density at radius 3 is 2.67 bits per heavy atom. The number of likely N-dealkylation sites (N-methyl/N-ethyl adjacent to an activating group) is 1. The zero-order chi connectivity index (χ0) is 15.9. The lowest BCUT2D eigenvalue weighted by molar-refractivity contribution is 0.185. The summed E-state index contributed by atoms with van der Waals surface area (Å²) in [5.41, 5.74) is 0.998. The molecular formula is C14H27N3O3S. The van der Waals surface area contributed by atoms with E-state index in [1.807, 2.05) is 11.5 Å². The highest BCUT2D eigenvalue weighted by atomic mass is 32.2. The molecule has 0 aliphatic heterocycles. The number of nitrogens with one attached hydrogen (secondary N) is 1. The molecule has 1 heterocycles. The minimum atomic E-state index is -3.45. The van der Waals surface area contributed by atoms with E-state index in [9.17, 15) is 8.42 Å². The van der Waals surface area contributed by atoms with Gasteiger partial charge in [-0.15, -0.1) is 0 Å². The summed E-state index contributed by atoms with van der Waals surface area (Å²) in [4.78, 5) is 0.349. The van der Waals surface area contributed by atoms with E-state index in [1.54, 1.807) is 26.4 Å². The zero-order valence-electron chi connectivity index (χ0n) is 13.4. The number of hydrogen-bond acceptors (Lipinski definition) is 4. The second kappa shape index (κ2) is 8.53. The summed E-state index contributed by atoms with van der Waals surface area (Å²) in [6.45, 7) is 7.19. The van der Waals surface area contributed by atoms with Crippen molar-refractivity contribution in [3.8, 4) is 0 Å². The summed E-state index contributed by atoms with van der Waals surface area (Å²) in [5.74, 6) is 0. The second-order valence-corrected chi connectivity index (χ2v) is 7.01. The molecule has 21 heavy (non-hydrogen) atoms. The molecule has 0 aliphatic carbocycles. The highest BCUT2D eigenvalue weighted by Crippen LogP contribution is 2.18. The molecule has 0 saturated carbocycles. The van der Waals surface area contributed by atoms with Crippen LogP contribution in [0.15, 0.2) is 17.2 Å². The van der Waals surface area contributed by atoms with Crippen LogP contribution in [0.4, 0.5) is 0 Å². The highest BCUT2D eigenvalue weighted by molar-refractivity contribution is 7.89. The molecule has 0 aromatic carbocycles. The third kappa shape index (κ3) is 4.81. The highest BCUT2D eigenvalue weighted by Gasteiger charge is 2.23. The molecule has 1 aromatic heterocycles. The molecule has 0 atom stereocenters. The van der Waals surface area contributed by atoms with Crippen molar-refractivity contribution in [3.05, 3.63) is 18.0 Å². The first-order valence-electron chi connectivity index (χ1n) is 7.32. The maximum absolute atomic E-state index is 12.5. The largest absolute Gasteiger partial charge is 0.383 e. The van der Waals surface area contributed by atoms with Crippen LogP contribution in [0.2, 0.25) is 0 Å². The second-order valence-electron chi connectivity index (χ2n) is 4.96. The van der Waals surface area contributed by atoms with Gasteiger partial charge in [-0.05, 0) is 19.0 Å². The molecule has 0 aliphatic rings. The zero-order valence-corrected chi connectivity index (χ0v) is 14.2. The maximum Gasteiger partial charge on any atom is 0.244 e. The van der Waals surface area contributed by atoms with Gasteiger partial charge < -0.3 is 14.6 Å². The quantitative estimate of drug-likeness (QED) is 0.706.